The number of aromatic nitrogens is 6. The maximum absolute atomic E-state index is 6.98. The number of hydrogen-bond acceptors (Lipinski definition) is 3. The van der Waals surface area contributed by atoms with E-state index in [1.165, 1.54) is 33.1 Å². The van der Waals surface area contributed by atoms with E-state index in [0.29, 0.717) is 11.8 Å². The molecule has 0 saturated heterocycles. The van der Waals surface area contributed by atoms with Crippen LogP contribution in [-0.2, 0) is 14.1 Å². The number of ether oxygens (including phenoxy) is 1. The van der Waals surface area contributed by atoms with Gasteiger partial charge in [-0.15, -0.1) is 0 Å². The Morgan fingerprint density at radius 2 is 1.45 bits per heavy atom. The van der Waals surface area contributed by atoms with E-state index in [9.17, 15) is 0 Å². The summed E-state index contributed by atoms with van der Waals surface area (Å²) in [7, 11) is 4.27. The minimum atomic E-state index is 0.325. The van der Waals surface area contributed by atoms with Gasteiger partial charge in [0.15, 0.2) is 11.0 Å². The fraction of sp³-hybridized carbons (Fsp3) is 0.227. The summed E-state index contributed by atoms with van der Waals surface area (Å²) in [6.45, 7) is 13.3. The summed E-state index contributed by atoms with van der Waals surface area (Å²) in [6, 6.07) is 28.1. The molecule has 0 aliphatic heterocycles. The van der Waals surface area contributed by atoms with Crippen molar-refractivity contribution in [2.45, 2.75) is 53.4 Å². The van der Waals surface area contributed by atoms with E-state index in [0.717, 1.165) is 66.9 Å². The molecule has 0 aliphatic rings. The smallest absolute Gasteiger partial charge is 0.297 e. The lowest BCUT2D eigenvalue weighted by atomic mass is 9.95. The third-order valence-corrected chi connectivity index (χ3v) is 10.8. The highest BCUT2D eigenvalue weighted by Gasteiger charge is 2.30. The number of para-hydroxylation sites is 2. The van der Waals surface area contributed by atoms with Gasteiger partial charge in [-0.25, -0.2) is 14.1 Å². The molecule has 9 rings (SSSR count). The SMILES string of the molecule is Cc1c(Oc2ccc3c4cccnc4n(-c4c(C(C)C)ccc[n+]4C)c3c2C)cnc2c3c(C(C)C)cccc3n3c4ccccc4[n+](C)c3c12. The largest absolute Gasteiger partial charge is 0.455 e. The van der Waals surface area contributed by atoms with Gasteiger partial charge >= 0.3 is 0 Å². The summed E-state index contributed by atoms with van der Waals surface area (Å²) in [5, 5.41) is 4.56. The first kappa shape index (κ1) is 31.2. The molecule has 0 bridgehead atoms. The van der Waals surface area contributed by atoms with Crippen molar-refractivity contribution in [2.75, 3.05) is 0 Å². The normalized spacial score (nSPS) is 12.3. The van der Waals surface area contributed by atoms with E-state index in [2.05, 4.69) is 153 Å². The molecule has 0 amide bonds. The molecule has 3 aromatic carbocycles. The number of nitrogens with zero attached hydrogens (tertiary/aromatic N) is 6. The Morgan fingerprint density at radius 1 is 0.686 bits per heavy atom. The van der Waals surface area contributed by atoms with Gasteiger partial charge in [0.05, 0.1) is 48.2 Å². The quantitative estimate of drug-likeness (QED) is 0.135. The molecule has 0 unspecified atom stereocenters. The van der Waals surface area contributed by atoms with E-state index >= 15 is 0 Å². The highest BCUT2D eigenvalue weighted by atomic mass is 16.5. The molecule has 7 heteroatoms. The molecule has 7 nitrogen and oxygen atoms in total. The number of pyridine rings is 4. The highest BCUT2D eigenvalue weighted by Crippen LogP contribution is 2.42. The molecule has 9 aromatic rings. The van der Waals surface area contributed by atoms with E-state index < -0.39 is 0 Å². The van der Waals surface area contributed by atoms with Crippen molar-refractivity contribution in [2.24, 2.45) is 14.1 Å². The Labute approximate surface area is 297 Å². The number of fused-ring (bicyclic) bond motifs is 11. The van der Waals surface area contributed by atoms with Gasteiger partial charge in [-0.05, 0) is 85.8 Å². The van der Waals surface area contributed by atoms with Crippen molar-refractivity contribution in [3.05, 3.63) is 120 Å². The van der Waals surface area contributed by atoms with Gasteiger partial charge < -0.3 is 4.74 Å². The predicted molar refractivity (Wildman–Crippen MR) is 206 cm³/mol. The molecule has 0 saturated carbocycles. The Morgan fingerprint density at radius 3 is 2.25 bits per heavy atom. The molecule has 0 atom stereocenters. The second-order valence-electron chi connectivity index (χ2n) is 14.5. The van der Waals surface area contributed by atoms with Crippen molar-refractivity contribution in [1.29, 1.82) is 0 Å². The zero-order valence-electron chi connectivity index (χ0n) is 30.5. The average molecular weight is 671 g/mol. The first-order valence-corrected chi connectivity index (χ1v) is 17.9. The summed E-state index contributed by atoms with van der Waals surface area (Å²) in [5.74, 6) is 3.31. The van der Waals surface area contributed by atoms with Crippen molar-refractivity contribution in [3.63, 3.8) is 0 Å². The molecular weight excluding hydrogens is 629 g/mol. The summed E-state index contributed by atoms with van der Waals surface area (Å²) in [5.41, 5.74) is 12.3. The van der Waals surface area contributed by atoms with Crippen molar-refractivity contribution in [1.82, 2.24) is 18.9 Å². The van der Waals surface area contributed by atoms with E-state index in [4.69, 9.17) is 14.7 Å². The minimum Gasteiger partial charge on any atom is -0.455 e. The molecule has 0 N–H and O–H groups in total. The second-order valence-corrected chi connectivity index (χ2v) is 14.5. The zero-order valence-corrected chi connectivity index (χ0v) is 30.5. The number of rotatable bonds is 5. The van der Waals surface area contributed by atoms with Crippen LogP contribution in [0, 0.1) is 13.8 Å². The molecule has 0 aliphatic carbocycles. The lowest BCUT2D eigenvalue weighted by molar-refractivity contribution is -0.665. The van der Waals surface area contributed by atoms with Gasteiger partial charge in [0.2, 0.25) is 5.65 Å². The lowest BCUT2D eigenvalue weighted by Gasteiger charge is -2.16. The molecule has 51 heavy (non-hydrogen) atoms. The fourth-order valence-corrected chi connectivity index (χ4v) is 8.35. The fourth-order valence-electron chi connectivity index (χ4n) is 8.35. The van der Waals surface area contributed by atoms with Crippen molar-refractivity contribution >= 4 is 60.4 Å². The molecule has 6 aromatic heterocycles. The van der Waals surface area contributed by atoms with Crippen LogP contribution >= 0.6 is 0 Å². The molecule has 252 valence electrons. The number of imidazole rings is 1. The van der Waals surface area contributed by atoms with Crippen LogP contribution in [0.3, 0.4) is 0 Å². The van der Waals surface area contributed by atoms with Gasteiger partial charge in [0.1, 0.15) is 22.5 Å². The zero-order chi connectivity index (χ0) is 35.3. The monoisotopic (exact) mass is 670 g/mol. The van der Waals surface area contributed by atoms with E-state index in [-0.39, 0.29) is 0 Å². The number of benzene rings is 3. The summed E-state index contributed by atoms with van der Waals surface area (Å²) < 4.78 is 16.2. The minimum absolute atomic E-state index is 0.325. The van der Waals surface area contributed by atoms with Gasteiger partial charge in [0, 0.05) is 28.3 Å². The van der Waals surface area contributed by atoms with Crippen LogP contribution in [0.5, 0.6) is 11.5 Å². The topological polar surface area (TPSA) is 52.1 Å². The van der Waals surface area contributed by atoms with Crippen LogP contribution in [0.25, 0.3) is 66.2 Å². The highest BCUT2D eigenvalue weighted by molar-refractivity contribution is 6.14. The maximum Gasteiger partial charge on any atom is 0.297 e. The van der Waals surface area contributed by atoms with E-state index in [1.54, 1.807) is 0 Å². The number of hydrogen-bond donors (Lipinski definition) is 0. The van der Waals surface area contributed by atoms with Gasteiger partial charge in [-0.1, -0.05) is 52.0 Å². The van der Waals surface area contributed by atoms with Crippen molar-refractivity contribution in [3.8, 4) is 17.3 Å². The standard InChI is InChI=1S/C44H42N6O/c1-25(2)29-14-11-19-35-39(29)40-38(44-48(8)33-17-9-10-18-34(33)49(35)44)27(5)37(24-46-40)51-36-21-20-31-32-15-12-22-45-42(32)50(41(31)28(36)6)43-30(26(3)4)16-13-23-47(43)7/h9-26H,1-8H3/q+2. The van der Waals surface area contributed by atoms with Gasteiger partial charge in [0.25, 0.3) is 11.5 Å². The Kier molecular flexibility index (Phi) is 6.94. The summed E-state index contributed by atoms with van der Waals surface area (Å²) in [6.07, 6.45) is 5.91. The van der Waals surface area contributed by atoms with Crippen LogP contribution in [-0.4, -0.2) is 18.9 Å². The molecule has 6 heterocycles. The maximum atomic E-state index is 6.98. The van der Waals surface area contributed by atoms with Crippen LogP contribution in [0.15, 0.2) is 97.5 Å². The Balaban J connectivity index is 1.33. The predicted octanol–water partition coefficient (Wildman–Crippen LogP) is 9.59. The lowest BCUT2D eigenvalue weighted by Crippen LogP contribution is -2.35. The van der Waals surface area contributed by atoms with Gasteiger partial charge in [-0.3, -0.25) is 4.98 Å². The third kappa shape index (κ3) is 4.37. The second kappa shape index (κ2) is 11.4. The first-order valence-electron chi connectivity index (χ1n) is 17.9. The van der Waals surface area contributed by atoms with Crippen LogP contribution in [0.1, 0.15) is 61.8 Å². The van der Waals surface area contributed by atoms with Crippen LogP contribution in [0.2, 0.25) is 0 Å². The average Bonchev–Trinajstić information content (AvgIpc) is 3.62. The molecule has 0 radical (unpaired) electrons. The van der Waals surface area contributed by atoms with Crippen LogP contribution < -0.4 is 13.9 Å². The van der Waals surface area contributed by atoms with Crippen molar-refractivity contribution < 1.29 is 13.9 Å². The molecular formula is C44H42N6O+2. The Bertz CT molecular complexity index is 2890. The molecule has 0 fully saturated rings. The van der Waals surface area contributed by atoms with Crippen LogP contribution in [0.4, 0.5) is 0 Å². The van der Waals surface area contributed by atoms with E-state index in [1.807, 2.05) is 18.5 Å². The third-order valence-electron chi connectivity index (χ3n) is 10.8. The number of aryl methyl sites for hydroxylation is 4. The molecule has 0 spiro atoms. The Hall–Kier alpha value is -5.82. The van der Waals surface area contributed by atoms with Gasteiger partial charge in [-0.2, -0.15) is 8.97 Å². The summed E-state index contributed by atoms with van der Waals surface area (Å²) in [4.78, 5) is 10.2. The summed E-state index contributed by atoms with van der Waals surface area (Å²) >= 11 is 0. The first-order chi connectivity index (χ1) is 24.7.